The summed E-state index contributed by atoms with van der Waals surface area (Å²) in [6.45, 7) is 4.13. The zero-order chi connectivity index (χ0) is 26.5. The molecule has 0 bridgehead atoms. The van der Waals surface area contributed by atoms with Crippen LogP contribution in [0.4, 0.5) is 14.5 Å². The zero-order valence-electron chi connectivity index (χ0n) is 20.6. The summed E-state index contributed by atoms with van der Waals surface area (Å²) in [7, 11) is 1.73. The van der Waals surface area contributed by atoms with Crippen molar-refractivity contribution in [2.24, 2.45) is 7.05 Å². The van der Waals surface area contributed by atoms with Crippen molar-refractivity contribution in [3.63, 3.8) is 0 Å². The quantitative estimate of drug-likeness (QED) is 0.476. The van der Waals surface area contributed by atoms with Gasteiger partial charge in [-0.1, -0.05) is 11.6 Å². The summed E-state index contributed by atoms with van der Waals surface area (Å²) in [5.41, 5.74) is 1.26. The van der Waals surface area contributed by atoms with E-state index in [-0.39, 0.29) is 17.5 Å². The van der Waals surface area contributed by atoms with Crippen LogP contribution >= 0.6 is 11.6 Å². The molecule has 2 aromatic carbocycles. The topological polar surface area (TPSA) is 88.5 Å². The predicted molar refractivity (Wildman–Crippen MR) is 137 cm³/mol. The predicted octanol–water partition coefficient (Wildman–Crippen LogP) is 4.25. The Morgan fingerprint density at radius 2 is 2.05 bits per heavy atom. The fourth-order valence-electron chi connectivity index (χ4n) is 4.29. The van der Waals surface area contributed by atoms with Crippen LogP contribution in [0.2, 0.25) is 5.02 Å². The molecule has 0 aliphatic carbocycles. The van der Waals surface area contributed by atoms with Gasteiger partial charge in [-0.05, 0) is 49.7 Å². The average Bonchev–Trinajstić information content (AvgIpc) is 3.03. The van der Waals surface area contributed by atoms with E-state index in [2.05, 4.69) is 15.7 Å². The number of nitrogens with zero attached hydrogens (tertiary/aromatic N) is 3. The summed E-state index contributed by atoms with van der Waals surface area (Å²) in [5.74, 6) is -1.86. The van der Waals surface area contributed by atoms with Crippen LogP contribution in [-0.4, -0.2) is 58.8 Å². The Morgan fingerprint density at radius 1 is 1.24 bits per heavy atom. The molecule has 2 heterocycles. The monoisotopic (exact) mass is 531 g/mol. The molecule has 0 radical (unpaired) electrons. The molecule has 2 N–H and O–H groups in total. The van der Waals surface area contributed by atoms with Gasteiger partial charge in [0.1, 0.15) is 17.4 Å². The lowest BCUT2D eigenvalue weighted by molar-refractivity contribution is -0.129. The summed E-state index contributed by atoms with van der Waals surface area (Å²) in [6.07, 6.45) is 3.07. The number of aromatic nitrogens is 2. The molecule has 8 nitrogen and oxygen atoms in total. The largest absolute Gasteiger partial charge is 0.493 e. The molecule has 0 saturated carbocycles. The molecule has 1 aromatic heterocycles. The summed E-state index contributed by atoms with van der Waals surface area (Å²) >= 11 is 6.40. The van der Waals surface area contributed by atoms with Crippen LogP contribution in [0, 0.1) is 11.6 Å². The van der Waals surface area contributed by atoms with Crippen LogP contribution in [0.1, 0.15) is 30.1 Å². The van der Waals surface area contributed by atoms with E-state index in [0.29, 0.717) is 53.4 Å². The maximum Gasteiger partial charge on any atom is 0.258 e. The van der Waals surface area contributed by atoms with Crippen LogP contribution < -0.4 is 15.4 Å². The number of anilines is 1. The number of amides is 2. The van der Waals surface area contributed by atoms with Crippen LogP contribution in [0.5, 0.6) is 5.75 Å². The third-order valence-corrected chi connectivity index (χ3v) is 6.49. The average molecular weight is 532 g/mol. The maximum absolute atomic E-state index is 14.1. The van der Waals surface area contributed by atoms with Crippen molar-refractivity contribution in [3.8, 4) is 17.0 Å². The molecular formula is C26H28ClF2N5O3. The fraction of sp³-hybridized carbons (Fsp3) is 0.346. The fourth-order valence-corrected chi connectivity index (χ4v) is 4.56. The second-order valence-corrected chi connectivity index (χ2v) is 9.27. The third kappa shape index (κ3) is 6.44. The molecule has 1 aliphatic heterocycles. The lowest BCUT2D eigenvalue weighted by Crippen LogP contribution is -2.40. The highest BCUT2D eigenvalue weighted by Crippen LogP contribution is 2.37. The first-order chi connectivity index (χ1) is 17.7. The molecule has 2 amide bonds. The molecule has 0 spiro atoms. The van der Waals surface area contributed by atoms with Gasteiger partial charge in [0.25, 0.3) is 5.91 Å². The highest BCUT2D eigenvalue weighted by atomic mass is 35.5. The third-order valence-electron chi connectivity index (χ3n) is 6.21. The number of carbonyl (C=O) groups is 2. The second-order valence-electron chi connectivity index (χ2n) is 8.86. The van der Waals surface area contributed by atoms with Gasteiger partial charge in [-0.3, -0.25) is 14.3 Å². The Bertz CT molecular complexity index is 1280. The van der Waals surface area contributed by atoms with E-state index in [4.69, 9.17) is 16.3 Å². The van der Waals surface area contributed by atoms with E-state index >= 15 is 0 Å². The molecule has 1 saturated heterocycles. The van der Waals surface area contributed by atoms with Crippen LogP contribution in [0.15, 0.2) is 42.6 Å². The second kappa shape index (κ2) is 11.7. The molecule has 3 aromatic rings. The van der Waals surface area contributed by atoms with Crippen LogP contribution in [0.3, 0.4) is 0 Å². The van der Waals surface area contributed by atoms with Gasteiger partial charge < -0.3 is 20.3 Å². The van der Waals surface area contributed by atoms with E-state index < -0.39 is 17.5 Å². The van der Waals surface area contributed by atoms with E-state index in [1.807, 2.05) is 4.90 Å². The van der Waals surface area contributed by atoms with E-state index in [0.717, 1.165) is 31.6 Å². The minimum absolute atomic E-state index is 0.0564. The Hall–Kier alpha value is -3.50. The van der Waals surface area contributed by atoms with Gasteiger partial charge in [0.05, 0.1) is 29.1 Å². The van der Waals surface area contributed by atoms with E-state index in [9.17, 15) is 18.4 Å². The molecule has 196 valence electrons. The Morgan fingerprint density at radius 3 is 2.76 bits per heavy atom. The summed E-state index contributed by atoms with van der Waals surface area (Å²) in [5, 5.41) is 10.7. The number of rotatable bonds is 7. The normalized spacial score (nSPS) is 15.8. The van der Waals surface area contributed by atoms with Crippen molar-refractivity contribution in [2.75, 3.05) is 31.6 Å². The molecule has 4 rings (SSSR count). The number of hydrogen-bond acceptors (Lipinski definition) is 5. The van der Waals surface area contributed by atoms with Crippen LogP contribution in [0.25, 0.3) is 11.3 Å². The van der Waals surface area contributed by atoms with Crippen molar-refractivity contribution in [2.45, 2.75) is 25.8 Å². The van der Waals surface area contributed by atoms with Gasteiger partial charge in [0, 0.05) is 50.4 Å². The minimum atomic E-state index is -0.956. The number of benzene rings is 2. The molecular weight excluding hydrogens is 504 g/mol. The zero-order valence-corrected chi connectivity index (χ0v) is 21.3. The number of ether oxygens (including phenoxy) is 1. The van der Waals surface area contributed by atoms with Crippen molar-refractivity contribution < 1.29 is 23.1 Å². The molecule has 1 unspecified atom stereocenters. The minimum Gasteiger partial charge on any atom is -0.493 e. The lowest BCUT2D eigenvalue weighted by Gasteiger charge is -2.23. The molecule has 37 heavy (non-hydrogen) atoms. The Kier molecular flexibility index (Phi) is 8.40. The summed E-state index contributed by atoms with van der Waals surface area (Å²) in [6, 6.07) is 7.85. The summed E-state index contributed by atoms with van der Waals surface area (Å²) < 4.78 is 35.0. The van der Waals surface area contributed by atoms with E-state index in [1.54, 1.807) is 36.9 Å². The number of nitrogens with one attached hydrogen (secondary N) is 2. The number of hydrogen-bond donors (Lipinski definition) is 2. The summed E-state index contributed by atoms with van der Waals surface area (Å²) in [4.78, 5) is 26.3. The van der Waals surface area contributed by atoms with Gasteiger partial charge in [-0.15, -0.1) is 0 Å². The Labute approximate surface area is 218 Å². The smallest absolute Gasteiger partial charge is 0.258 e. The van der Waals surface area contributed by atoms with Gasteiger partial charge in [-0.2, -0.15) is 5.10 Å². The van der Waals surface area contributed by atoms with Crippen molar-refractivity contribution >= 4 is 29.1 Å². The first kappa shape index (κ1) is 26.6. The van der Waals surface area contributed by atoms with Crippen LogP contribution in [-0.2, 0) is 11.8 Å². The van der Waals surface area contributed by atoms with Gasteiger partial charge >= 0.3 is 0 Å². The van der Waals surface area contributed by atoms with Crippen molar-refractivity contribution in [1.82, 2.24) is 20.0 Å². The van der Waals surface area contributed by atoms with Gasteiger partial charge in [0.15, 0.2) is 0 Å². The SMILES string of the molecule is CC(=O)N1CCCNC(CCOc2ccc(NC(=O)c3ccc(F)cc3F)cc2-c2c(Cl)cnn2C)C1. The first-order valence-corrected chi connectivity index (χ1v) is 12.3. The molecule has 1 atom stereocenters. The van der Waals surface area contributed by atoms with E-state index in [1.165, 1.54) is 6.20 Å². The number of halogens is 3. The van der Waals surface area contributed by atoms with Crippen molar-refractivity contribution in [1.29, 1.82) is 0 Å². The Balaban J connectivity index is 1.53. The maximum atomic E-state index is 14.1. The highest BCUT2D eigenvalue weighted by molar-refractivity contribution is 6.33. The highest BCUT2D eigenvalue weighted by Gasteiger charge is 2.21. The lowest BCUT2D eigenvalue weighted by atomic mass is 10.1. The van der Waals surface area contributed by atoms with Gasteiger partial charge in [-0.25, -0.2) is 8.78 Å². The molecule has 11 heteroatoms. The number of carbonyl (C=O) groups excluding carboxylic acids is 2. The molecule has 1 aliphatic rings. The molecule has 1 fully saturated rings. The van der Waals surface area contributed by atoms with Crippen molar-refractivity contribution in [3.05, 3.63) is 64.8 Å². The number of aryl methyl sites for hydroxylation is 1. The standard InChI is InChI=1S/C26H28ClF2N5O3/c1-16(35)34-10-3-9-30-19(15-34)8-11-37-24-7-5-18(13-21(24)25-22(27)14-31-33(25)2)32-26(36)20-6-4-17(28)12-23(20)29/h4-7,12-14,19,30H,3,8-11,15H2,1-2H3,(H,32,36). The van der Waals surface area contributed by atoms with Gasteiger partial charge in [0.2, 0.25) is 5.91 Å². The first-order valence-electron chi connectivity index (χ1n) is 11.9.